The van der Waals surface area contributed by atoms with Gasteiger partial charge in [-0.1, -0.05) is 46.4 Å². The molecule has 1 aromatic heterocycles. The monoisotopic (exact) mass is 337 g/mol. The maximum Gasteiger partial charge on any atom is 0.364 e. The van der Waals surface area contributed by atoms with E-state index in [2.05, 4.69) is 4.98 Å². The summed E-state index contributed by atoms with van der Waals surface area (Å²) in [6.07, 6.45) is 0. The molecule has 1 rings (SSSR count). The van der Waals surface area contributed by atoms with Crippen molar-refractivity contribution in [2.75, 3.05) is 11.9 Å². The molecule has 0 saturated heterocycles. The van der Waals surface area contributed by atoms with E-state index in [0.717, 1.165) is 4.90 Å². The number of rotatable bonds is 2. The van der Waals surface area contributed by atoms with Gasteiger partial charge in [0.05, 0.1) is 4.92 Å². The molecule has 1 heterocycles. The zero-order chi connectivity index (χ0) is 13.4. The summed E-state index contributed by atoms with van der Waals surface area (Å²) in [5.41, 5.74) is 0. The first-order valence-corrected chi connectivity index (χ1v) is 6.13. The van der Waals surface area contributed by atoms with Crippen molar-refractivity contribution in [3.05, 3.63) is 15.3 Å². The van der Waals surface area contributed by atoms with Gasteiger partial charge < -0.3 is 0 Å². The highest BCUT2D eigenvalue weighted by Gasteiger charge is 2.36. The van der Waals surface area contributed by atoms with Crippen molar-refractivity contribution >= 4 is 73.8 Å². The Morgan fingerprint density at radius 1 is 1.53 bits per heavy atom. The normalized spacial score (nSPS) is 11.4. The number of carbonyl (C=O) groups is 1. The van der Waals surface area contributed by atoms with Gasteiger partial charge in [-0.2, -0.15) is 0 Å². The summed E-state index contributed by atoms with van der Waals surface area (Å²) in [7, 11) is 1.27. The van der Waals surface area contributed by atoms with Crippen LogP contribution in [0.25, 0.3) is 0 Å². The molecule has 0 unspecified atom stereocenters. The Bertz CT molecular complexity index is 472. The molecule has 0 spiro atoms. The highest BCUT2D eigenvalue weighted by Crippen LogP contribution is 2.37. The van der Waals surface area contributed by atoms with Gasteiger partial charge in [0.25, 0.3) is 9.70 Å². The molecular formula is C6H3Cl4N3O3S. The topological polar surface area (TPSA) is 76.3 Å². The maximum absolute atomic E-state index is 11.5. The molecule has 0 fully saturated rings. The lowest BCUT2D eigenvalue weighted by atomic mass is 10.6. The predicted molar refractivity (Wildman–Crippen MR) is 67.5 cm³/mol. The molecule has 0 aliphatic rings. The second kappa shape index (κ2) is 5.11. The Kier molecular flexibility index (Phi) is 4.43. The summed E-state index contributed by atoms with van der Waals surface area (Å²) in [6, 6.07) is 0. The molecule has 0 aliphatic heterocycles. The van der Waals surface area contributed by atoms with Gasteiger partial charge in [0, 0.05) is 7.05 Å². The van der Waals surface area contributed by atoms with Crippen molar-refractivity contribution in [3.63, 3.8) is 0 Å². The standard InChI is InChI=1S/C6H3Cl4N3O3S/c1-12(4(14)6(8,9)10)5-11-2(7)3(17-5)13(15)16/h1H3. The van der Waals surface area contributed by atoms with Crippen molar-refractivity contribution in [2.24, 2.45) is 0 Å². The first-order chi connectivity index (χ1) is 7.64. The van der Waals surface area contributed by atoms with Crippen LogP contribution in [0.5, 0.6) is 0 Å². The minimum absolute atomic E-state index is 0.0296. The van der Waals surface area contributed by atoms with Crippen molar-refractivity contribution in [3.8, 4) is 0 Å². The molecule has 0 aromatic carbocycles. The summed E-state index contributed by atoms with van der Waals surface area (Å²) in [4.78, 5) is 25.9. The Morgan fingerprint density at radius 3 is 2.41 bits per heavy atom. The molecule has 17 heavy (non-hydrogen) atoms. The number of nitrogens with zero attached hydrogens (tertiary/aromatic N) is 3. The second-order valence-corrected chi connectivity index (χ2v) is 6.31. The molecule has 0 bridgehead atoms. The minimum Gasteiger partial charge on any atom is -0.287 e. The third-order valence-electron chi connectivity index (χ3n) is 1.56. The molecule has 11 heteroatoms. The summed E-state index contributed by atoms with van der Waals surface area (Å²) in [6.45, 7) is 0. The molecule has 0 N–H and O–H groups in total. The third-order valence-corrected chi connectivity index (χ3v) is 3.50. The number of nitro groups is 1. The number of amides is 1. The molecule has 0 radical (unpaired) electrons. The van der Waals surface area contributed by atoms with E-state index >= 15 is 0 Å². The van der Waals surface area contributed by atoms with Crippen molar-refractivity contribution in [1.82, 2.24) is 4.98 Å². The van der Waals surface area contributed by atoms with Crippen LogP contribution in [0.1, 0.15) is 0 Å². The summed E-state index contributed by atoms with van der Waals surface area (Å²) < 4.78 is -2.17. The van der Waals surface area contributed by atoms with Crippen LogP contribution in [0, 0.1) is 10.1 Å². The smallest absolute Gasteiger partial charge is 0.287 e. The van der Waals surface area contributed by atoms with Gasteiger partial charge in [-0.15, -0.1) is 0 Å². The molecule has 0 atom stereocenters. The van der Waals surface area contributed by atoms with E-state index in [-0.39, 0.29) is 15.3 Å². The van der Waals surface area contributed by atoms with Crippen molar-refractivity contribution in [2.45, 2.75) is 3.79 Å². The number of aromatic nitrogens is 1. The molecule has 1 aromatic rings. The highest BCUT2D eigenvalue weighted by atomic mass is 35.6. The van der Waals surface area contributed by atoms with Crippen LogP contribution in [0.3, 0.4) is 0 Å². The summed E-state index contributed by atoms with van der Waals surface area (Å²) >= 11 is 22.3. The number of hydrogen-bond acceptors (Lipinski definition) is 5. The molecule has 0 saturated carbocycles. The fraction of sp³-hybridized carbons (Fsp3) is 0.333. The fourth-order valence-corrected chi connectivity index (χ4v) is 2.25. The fourth-order valence-electron chi connectivity index (χ4n) is 0.816. The lowest BCUT2D eigenvalue weighted by molar-refractivity contribution is -0.380. The van der Waals surface area contributed by atoms with Crippen LogP contribution in [-0.4, -0.2) is 26.7 Å². The zero-order valence-corrected chi connectivity index (χ0v) is 11.8. The van der Waals surface area contributed by atoms with Crippen LogP contribution < -0.4 is 4.90 Å². The number of anilines is 1. The lowest BCUT2D eigenvalue weighted by Crippen LogP contribution is -2.36. The van der Waals surface area contributed by atoms with Crippen LogP contribution in [0.4, 0.5) is 10.1 Å². The van der Waals surface area contributed by atoms with Gasteiger partial charge in [-0.25, -0.2) is 4.98 Å². The van der Waals surface area contributed by atoms with Gasteiger partial charge in [0.1, 0.15) is 0 Å². The van der Waals surface area contributed by atoms with E-state index in [0.29, 0.717) is 11.3 Å². The average Bonchev–Trinajstić information content (AvgIpc) is 2.56. The van der Waals surface area contributed by atoms with E-state index in [1.54, 1.807) is 0 Å². The molecular weight excluding hydrogens is 336 g/mol. The van der Waals surface area contributed by atoms with Gasteiger partial charge in [-0.05, 0) is 11.3 Å². The van der Waals surface area contributed by atoms with E-state index in [4.69, 9.17) is 46.4 Å². The van der Waals surface area contributed by atoms with Gasteiger partial charge in [0.15, 0.2) is 5.13 Å². The van der Waals surface area contributed by atoms with E-state index < -0.39 is 14.6 Å². The first kappa shape index (κ1) is 14.7. The van der Waals surface area contributed by atoms with E-state index in [1.165, 1.54) is 7.05 Å². The Balaban J connectivity index is 3.06. The number of carbonyl (C=O) groups excluding carboxylic acids is 1. The van der Waals surface area contributed by atoms with Crippen molar-refractivity contribution < 1.29 is 9.72 Å². The molecule has 1 amide bonds. The average molecular weight is 339 g/mol. The molecule has 94 valence electrons. The minimum atomic E-state index is -2.17. The highest BCUT2D eigenvalue weighted by molar-refractivity contribution is 7.19. The third kappa shape index (κ3) is 3.32. The van der Waals surface area contributed by atoms with E-state index in [1.807, 2.05) is 0 Å². The number of thiazole rings is 1. The molecule has 6 nitrogen and oxygen atoms in total. The Hall–Kier alpha value is -0.340. The largest absolute Gasteiger partial charge is 0.364 e. The van der Waals surface area contributed by atoms with Gasteiger partial charge in [0.2, 0.25) is 5.15 Å². The molecule has 0 aliphatic carbocycles. The van der Waals surface area contributed by atoms with E-state index in [9.17, 15) is 14.9 Å². The van der Waals surface area contributed by atoms with Crippen molar-refractivity contribution in [1.29, 1.82) is 0 Å². The lowest BCUT2D eigenvalue weighted by Gasteiger charge is -2.18. The number of halogens is 4. The van der Waals surface area contributed by atoms with Crippen LogP contribution in [0.15, 0.2) is 0 Å². The van der Waals surface area contributed by atoms with Gasteiger partial charge >= 0.3 is 5.00 Å². The van der Waals surface area contributed by atoms with Crippen LogP contribution >= 0.6 is 57.7 Å². The second-order valence-electron chi connectivity index (χ2n) is 2.71. The Morgan fingerprint density at radius 2 is 2.06 bits per heavy atom. The zero-order valence-electron chi connectivity index (χ0n) is 7.99. The summed E-state index contributed by atoms with van der Waals surface area (Å²) in [5, 5.41) is 9.80. The number of alkyl halides is 3. The van der Waals surface area contributed by atoms with Crippen LogP contribution in [-0.2, 0) is 4.79 Å². The summed E-state index contributed by atoms with van der Waals surface area (Å²) in [5.74, 6) is -0.886. The Labute approximate surface area is 119 Å². The quantitative estimate of drug-likeness (QED) is 0.471. The number of hydrogen-bond donors (Lipinski definition) is 0. The van der Waals surface area contributed by atoms with Crippen LogP contribution in [0.2, 0.25) is 5.15 Å². The first-order valence-electron chi connectivity index (χ1n) is 3.80. The maximum atomic E-state index is 11.5. The van der Waals surface area contributed by atoms with Gasteiger partial charge in [-0.3, -0.25) is 19.8 Å². The SMILES string of the molecule is CN(C(=O)C(Cl)(Cl)Cl)c1nc(Cl)c([N+](=O)[O-])s1. The predicted octanol–water partition coefficient (Wildman–Crippen LogP) is 3.04.